The SMILES string of the molecule is CCCCCCC/C=C\C/C=C\C/C=C\CCCCCCCCCCCCC(=O)OCC(COC(=O)CCCCCCCCCCCCCCCCCC)OC(=O)CCCCCCCCCCCCCCCCCCCC. The molecule has 6 nitrogen and oxygen atoms in total. The first-order valence-electron chi connectivity index (χ1n) is 34.5. The molecular formula is C71H132O6. The van der Waals surface area contributed by atoms with Crippen LogP contribution in [0.25, 0.3) is 0 Å². The van der Waals surface area contributed by atoms with Gasteiger partial charge in [-0.2, -0.15) is 0 Å². The van der Waals surface area contributed by atoms with Crippen molar-refractivity contribution in [2.24, 2.45) is 0 Å². The van der Waals surface area contributed by atoms with Gasteiger partial charge in [0.1, 0.15) is 13.2 Å². The number of allylic oxidation sites excluding steroid dienone is 6. The summed E-state index contributed by atoms with van der Waals surface area (Å²) in [4.78, 5) is 38.4. The summed E-state index contributed by atoms with van der Waals surface area (Å²) in [6.45, 7) is 6.70. The maximum absolute atomic E-state index is 12.9. The van der Waals surface area contributed by atoms with Crippen LogP contribution in [-0.2, 0) is 28.6 Å². The van der Waals surface area contributed by atoms with Gasteiger partial charge in [0.15, 0.2) is 6.10 Å². The third-order valence-electron chi connectivity index (χ3n) is 15.6. The largest absolute Gasteiger partial charge is 0.462 e. The van der Waals surface area contributed by atoms with E-state index < -0.39 is 6.10 Å². The van der Waals surface area contributed by atoms with Crippen molar-refractivity contribution >= 4 is 17.9 Å². The van der Waals surface area contributed by atoms with Gasteiger partial charge in [-0.05, 0) is 57.8 Å². The summed E-state index contributed by atoms with van der Waals surface area (Å²) in [5.74, 6) is -0.840. The molecule has 452 valence electrons. The summed E-state index contributed by atoms with van der Waals surface area (Å²) in [5.41, 5.74) is 0. The molecule has 0 heterocycles. The number of unbranched alkanes of at least 4 members (excludes halogenated alkanes) is 47. The zero-order valence-corrected chi connectivity index (χ0v) is 52.0. The third kappa shape index (κ3) is 64.3. The van der Waals surface area contributed by atoms with Crippen molar-refractivity contribution in [2.45, 2.75) is 386 Å². The van der Waals surface area contributed by atoms with Crippen LogP contribution >= 0.6 is 0 Å². The highest BCUT2D eigenvalue weighted by Gasteiger charge is 2.19. The van der Waals surface area contributed by atoms with Gasteiger partial charge < -0.3 is 14.2 Å². The summed E-state index contributed by atoms with van der Waals surface area (Å²) in [5, 5.41) is 0. The summed E-state index contributed by atoms with van der Waals surface area (Å²) in [6, 6.07) is 0. The van der Waals surface area contributed by atoms with Gasteiger partial charge in [0, 0.05) is 19.3 Å². The van der Waals surface area contributed by atoms with Gasteiger partial charge in [0.2, 0.25) is 0 Å². The first-order valence-corrected chi connectivity index (χ1v) is 34.5. The predicted molar refractivity (Wildman–Crippen MR) is 335 cm³/mol. The van der Waals surface area contributed by atoms with E-state index in [4.69, 9.17) is 14.2 Å². The smallest absolute Gasteiger partial charge is 0.306 e. The molecule has 0 aliphatic heterocycles. The van der Waals surface area contributed by atoms with E-state index in [1.165, 1.54) is 270 Å². The van der Waals surface area contributed by atoms with Gasteiger partial charge in [0.25, 0.3) is 0 Å². The molecule has 0 spiro atoms. The number of esters is 3. The van der Waals surface area contributed by atoms with Gasteiger partial charge in [-0.15, -0.1) is 0 Å². The molecule has 1 atom stereocenters. The van der Waals surface area contributed by atoms with E-state index >= 15 is 0 Å². The fourth-order valence-electron chi connectivity index (χ4n) is 10.5. The number of hydrogen-bond donors (Lipinski definition) is 0. The highest BCUT2D eigenvalue weighted by molar-refractivity contribution is 5.71. The second-order valence-electron chi connectivity index (χ2n) is 23.5. The summed E-state index contributed by atoms with van der Waals surface area (Å²) in [7, 11) is 0. The molecule has 0 saturated heterocycles. The molecule has 0 N–H and O–H groups in total. The third-order valence-corrected chi connectivity index (χ3v) is 15.6. The molecule has 0 amide bonds. The average molecular weight is 1080 g/mol. The standard InChI is InChI=1S/C71H132O6/c1-4-7-10-13-16-19-22-25-28-31-33-34-35-36-37-38-39-41-43-46-49-52-55-58-61-64-70(73)76-67-68(66-75-69(72)63-60-57-54-51-48-45-42-30-27-24-21-18-15-12-9-6-3)77-71(74)65-62-59-56-53-50-47-44-40-32-29-26-23-20-17-14-11-8-5-2/h22,25,31,33,35-36,68H,4-21,23-24,26-30,32,34,37-67H2,1-3H3/b25-22-,33-31-,36-35-. The number of carbonyl (C=O) groups excluding carboxylic acids is 3. The van der Waals surface area contributed by atoms with Crippen molar-refractivity contribution in [3.8, 4) is 0 Å². The molecule has 0 aliphatic carbocycles. The Morgan fingerprint density at radius 2 is 0.468 bits per heavy atom. The van der Waals surface area contributed by atoms with Gasteiger partial charge in [-0.25, -0.2) is 0 Å². The van der Waals surface area contributed by atoms with E-state index in [2.05, 4.69) is 57.2 Å². The Labute approximate surface area is 480 Å². The lowest BCUT2D eigenvalue weighted by Crippen LogP contribution is -2.30. The number of carbonyl (C=O) groups is 3. The van der Waals surface area contributed by atoms with Crippen LogP contribution in [-0.4, -0.2) is 37.2 Å². The molecule has 0 aromatic heterocycles. The van der Waals surface area contributed by atoms with Crippen LogP contribution < -0.4 is 0 Å². The maximum Gasteiger partial charge on any atom is 0.306 e. The van der Waals surface area contributed by atoms with Crippen molar-refractivity contribution in [2.75, 3.05) is 13.2 Å². The van der Waals surface area contributed by atoms with Crippen LogP contribution in [0.4, 0.5) is 0 Å². The Bertz CT molecular complexity index is 1290. The van der Waals surface area contributed by atoms with Crippen LogP contribution in [0.2, 0.25) is 0 Å². The van der Waals surface area contributed by atoms with Gasteiger partial charge in [-0.1, -0.05) is 340 Å². The molecule has 6 heteroatoms. The molecule has 1 unspecified atom stereocenters. The van der Waals surface area contributed by atoms with Crippen molar-refractivity contribution in [3.63, 3.8) is 0 Å². The molecule has 0 saturated carbocycles. The molecule has 0 aliphatic rings. The fraction of sp³-hybridized carbons (Fsp3) is 0.873. The average Bonchev–Trinajstić information content (AvgIpc) is 3.43. The summed E-state index contributed by atoms with van der Waals surface area (Å²) in [6.07, 6.45) is 81.6. The molecule has 0 aromatic carbocycles. The summed E-state index contributed by atoms with van der Waals surface area (Å²) < 4.78 is 17.0. The number of ether oxygens (including phenoxy) is 3. The first-order chi connectivity index (χ1) is 38.0. The normalized spacial score (nSPS) is 12.2. The Morgan fingerprint density at radius 1 is 0.260 bits per heavy atom. The van der Waals surface area contributed by atoms with E-state index in [1.807, 2.05) is 0 Å². The molecular weight excluding hydrogens is 949 g/mol. The van der Waals surface area contributed by atoms with Crippen molar-refractivity contribution in [1.29, 1.82) is 0 Å². The van der Waals surface area contributed by atoms with Crippen LogP contribution in [0.3, 0.4) is 0 Å². The van der Waals surface area contributed by atoms with Crippen LogP contribution in [0.5, 0.6) is 0 Å². The molecule has 0 fully saturated rings. The first kappa shape index (κ1) is 74.6. The Morgan fingerprint density at radius 3 is 0.727 bits per heavy atom. The minimum Gasteiger partial charge on any atom is -0.462 e. The number of rotatable bonds is 64. The lowest BCUT2D eigenvalue weighted by atomic mass is 10.0. The second kappa shape index (κ2) is 66.1. The minimum atomic E-state index is -0.771. The lowest BCUT2D eigenvalue weighted by Gasteiger charge is -2.18. The van der Waals surface area contributed by atoms with E-state index in [0.29, 0.717) is 19.3 Å². The number of hydrogen-bond acceptors (Lipinski definition) is 6. The van der Waals surface area contributed by atoms with E-state index in [1.54, 1.807) is 0 Å². The van der Waals surface area contributed by atoms with Crippen molar-refractivity contribution in [1.82, 2.24) is 0 Å². The minimum absolute atomic E-state index is 0.0669. The lowest BCUT2D eigenvalue weighted by molar-refractivity contribution is -0.167. The Hall–Kier alpha value is -2.37. The van der Waals surface area contributed by atoms with Gasteiger partial charge in [0.05, 0.1) is 0 Å². The summed E-state index contributed by atoms with van der Waals surface area (Å²) >= 11 is 0. The van der Waals surface area contributed by atoms with E-state index in [9.17, 15) is 14.4 Å². The van der Waals surface area contributed by atoms with Gasteiger partial charge >= 0.3 is 17.9 Å². The van der Waals surface area contributed by atoms with Crippen LogP contribution in [0, 0.1) is 0 Å². The van der Waals surface area contributed by atoms with Crippen molar-refractivity contribution < 1.29 is 28.6 Å². The van der Waals surface area contributed by atoms with Crippen LogP contribution in [0.15, 0.2) is 36.5 Å². The molecule has 0 rings (SSSR count). The van der Waals surface area contributed by atoms with E-state index in [0.717, 1.165) is 70.6 Å². The van der Waals surface area contributed by atoms with Crippen molar-refractivity contribution in [3.05, 3.63) is 36.5 Å². The molecule has 0 aromatic rings. The van der Waals surface area contributed by atoms with Crippen LogP contribution in [0.1, 0.15) is 380 Å². The highest BCUT2D eigenvalue weighted by Crippen LogP contribution is 2.18. The van der Waals surface area contributed by atoms with Gasteiger partial charge in [-0.3, -0.25) is 14.4 Å². The highest BCUT2D eigenvalue weighted by atomic mass is 16.6. The fourth-order valence-corrected chi connectivity index (χ4v) is 10.5. The van der Waals surface area contributed by atoms with E-state index in [-0.39, 0.29) is 31.1 Å². The maximum atomic E-state index is 12.9. The topological polar surface area (TPSA) is 78.9 Å². The zero-order valence-electron chi connectivity index (χ0n) is 52.0. The second-order valence-corrected chi connectivity index (χ2v) is 23.5. The molecule has 0 radical (unpaired) electrons. The quantitative estimate of drug-likeness (QED) is 0.0261. The zero-order chi connectivity index (χ0) is 55.7. The Kier molecular flexibility index (Phi) is 64.1. The predicted octanol–water partition coefficient (Wildman–Crippen LogP) is 23.6. The molecule has 77 heavy (non-hydrogen) atoms. The monoisotopic (exact) mass is 1080 g/mol. The molecule has 0 bridgehead atoms. The Balaban J connectivity index is 4.29.